The SMILES string of the molecule is C=CCc1cc(C=CCC=Cc2cc(F)ccc2Br)ccc1OC. The van der Waals surface area contributed by atoms with E-state index in [2.05, 4.69) is 40.7 Å². The van der Waals surface area contributed by atoms with E-state index in [4.69, 9.17) is 4.74 Å². The molecule has 0 atom stereocenters. The molecule has 3 heteroatoms. The van der Waals surface area contributed by atoms with Crippen molar-refractivity contribution >= 4 is 28.1 Å². The maximum atomic E-state index is 13.2. The monoisotopic (exact) mass is 386 g/mol. The van der Waals surface area contributed by atoms with Gasteiger partial charge in [-0.05, 0) is 59.9 Å². The van der Waals surface area contributed by atoms with Gasteiger partial charge in [-0.15, -0.1) is 6.58 Å². The topological polar surface area (TPSA) is 9.23 Å². The quantitative estimate of drug-likeness (QED) is 0.497. The minimum atomic E-state index is -0.235. The summed E-state index contributed by atoms with van der Waals surface area (Å²) in [6.07, 6.45) is 11.5. The van der Waals surface area contributed by atoms with Gasteiger partial charge >= 0.3 is 0 Å². The van der Waals surface area contributed by atoms with Gasteiger partial charge in [0.2, 0.25) is 0 Å². The lowest BCUT2D eigenvalue weighted by molar-refractivity contribution is 0.410. The number of ether oxygens (including phenoxy) is 1. The molecular weight excluding hydrogens is 367 g/mol. The standard InChI is InChI=1S/C21H20BrFO/c1-3-7-18-14-16(10-13-21(18)24-2)8-5-4-6-9-17-15-19(23)11-12-20(17)22/h3,5-6,8-15H,1,4,7H2,2H3. The fourth-order valence-electron chi connectivity index (χ4n) is 2.34. The summed E-state index contributed by atoms with van der Waals surface area (Å²) in [4.78, 5) is 0. The van der Waals surface area contributed by atoms with Crippen molar-refractivity contribution in [1.82, 2.24) is 0 Å². The molecule has 0 spiro atoms. The highest BCUT2D eigenvalue weighted by molar-refractivity contribution is 9.10. The fraction of sp³-hybridized carbons (Fsp3) is 0.143. The summed E-state index contributed by atoms with van der Waals surface area (Å²) in [6, 6.07) is 10.8. The first-order chi connectivity index (χ1) is 11.6. The van der Waals surface area contributed by atoms with Crippen LogP contribution in [0.4, 0.5) is 4.39 Å². The number of hydrogen-bond acceptors (Lipinski definition) is 1. The molecule has 2 aromatic carbocycles. The summed E-state index contributed by atoms with van der Waals surface area (Å²) in [7, 11) is 1.67. The average molecular weight is 387 g/mol. The summed E-state index contributed by atoms with van der Waals surface area (Å²) in [5, 5.41) is 0. The molecule has 0 radical (unpaired) electrons. The molecule has 0 bridgehead atoms. The second-order valence-corrected chi connectivity index (χ2v) is 6.12. The molecule has 0 unspecified atom stereocenters. The normalized spacial score (nSPS) is 11.3. The first kappa shape index (κ1) is 18.2. The summed E-state index contributed by atoms with van der Waals surface area (Å²) >= 11 is 3.42. The van der Waals surface area contributed by atoms with Crippen molar-refractivity contribution in [3.63, 3.8) is 0 Å². The molecule has 0 aromatic heterocycles. The van der Waals surface area contributed by atoms with Crippen LogP contribution in [0.5, 0.6) is 5.75 Å². The Morgan fingerprint density at radius 2 is 1.92 bits per heavy atom. The Labute approximate surface area is 151 Å². The van der Waals surface area contributed by atoms with Crippen LogP contribution in [0, 0.1) is 5.82 Å². The molecule has 0 amide bonds. The molecule has 0 aliphatic carbocycles. The highest BCUT2D eigenvalue weighted by atomic mass is 79.9. The molecule has 0 saturated heterocycles. The lowest BCUT2D eigenvalue weighted by Gasteiger charge is -2.07. The maximum Gasteiger partial charge on any atom is 0.123 e. The fourth-order valence-corrected chi connectivity index (χ4v) is 2.72. The Kier molecular flexibility index (Phi) is 7.01. The van der Waals surface area contributed by atoms with E-state index in [0.717, 1.165) is 39.8 Å². The van der Waals surface area contributed by atoms with Crippen molar-refractivity contribution in [3.05, 3.63) is 88.2 Å². The van der Waals surface area contributed by atoms with E-state index in [1.165, 1.54) is 12.1 Å². The smallest absolute Gasteiger partial charge is 0.123 e. The van der Waals surface area contributed by atoms with Gasteiger partial charge in [-0.1, -0.05) is 52.4 Å². The zero-order valence-electron chi connectivity index (χ0n) is 13.6. The average Bonchev–Trinajstić information content (AvgIpc) is 2.58. The molecule has 24 heavy (non-hydrogen) atoms. The van der Waals surface area contributed by atoms with Crippen LogP contribution in [-0.2, 0) is 6.42 Å². The zero-order valence-corrected chi connectivity index (χ0v) is 15.2. The van der Waals surface area contributed by atoms with Crippen LogP contribution in [0.2, 0.25) is 0 Å². The second kappa shape index (κ2) is 9.24. The van der Waals surface area contributed by atoms with Crippen molar-refractivity contribution in [1.29, 1.82) is 0 Å². The van der Waals surface area contributed by atoms with E-state index < -0.39 is 0 Å². The highest BCUT2D eigenvalue weighted by Gasteiger charge is 2.01. The molecule has 0 aliphatic rings. The van der Waals surface area contributed by atoms with Gasteiger partial charge in [-0.25, -0.2) is 4.39 Å². The van der Waals surface area contributed by atoms with E-state index in [1.54, 1.807) is 13.2 Å². The van der Waals surface area contributed by atoms with Crippen LogP contribution < -0.4 is 4.74 Å². The van der Waals surface area contributed by atoms with Gasteiger partial charge in [0.1, 0.15) is 11.6 Å². The molecule has 124 valence electrons. The molecule has 0 fully saturated rings. The van der Waals surface area contributed by atoms with Crippen LogP contribution in [0.15, 0.2) is 65.7 Å². The molecule has 1 nitrogen and oxygen atoms in total. The van der Waals surface area contributed by atoms with E-state index in [1.807, 2.05) is 30.4 Å². The van der Waals surface area contributed by atoms with Crippen LogP contribution in [0.3, 0.4) is 0 Å². The summed E-state index contributed by atoms with van der Waals surface area (Å²) in [6.45, 7) is 3.78. The molecular formula is C21H20BrFO. The number of benzene rings is 2. The number of allylic oxidation sites excluding steroid dienone is 3. The number of halogens is 2. The van der Waals surface area contributed by atoms with E-state index in [0.29, 0.717) is 0 Å². The van der Waals surface area contributed by atoms with Crippen LogP contribution in [0.25, 0.3) is 12.2 Å². The molecule has 0 saturated carbocycles. The molecule has 0 aliphatic heterocycles. The molecule has 0 N–H and O–H groups in total. The van der Waals surface area contributed by atoms with Gasteiger partial charge in [0.25, 0.3) is 0 Å². The Bertz CT molecular complexity index is 762. The van der Waals surface area contributed by atoms with Crippen molar-refractivity contribution in [2.75, 3.05) is 7.11 Å². The summed E-state index contributed by atoms with van der Waals surface area (Å²) in [5.41, 5.74) is 3.07. The maximum absolute atomic E-state index is 13.2. The molecule has 2 aromatic rings. The van der Waals surface area contributed by atoms with E-state index >= 15 is 0 Å². The summed E-state index contributed by atoms with van der Waals surface area (Å²) in [5.74, 6) is 0.643. The van der Waals surface area contributed by atoms with Gasteiger partial charge in [0, 0.05) is 4.47 Å². The predicted octanol–water partition coefficient (Wildman–Crippen LogP) is 6.44. The van der Waals surface area contributed by atoms with Gasteiger partial charge in [0.05, 0.1) is 7.11 Å². The zero-order chi connectivity index (χ0) is 17.4. The van der Waals surface area contributed by atoms with Crippen molar-refractivity contribution in [2.24, 2.45) is 0 Å². The van der Waals surface area contributed by atoms with Crippen LogP contribution >= 0.6 is 15.9 Å². The lowest BCUT2D eigenvalue weighted by Crippen LogP contribution is -1.91. The first-order valence-electron chi connectivity index (χ1n) is 7.70. The summed E-state index contributed by atoms with van der Waals surface area (Å²) < 4.78 is 19.5. The first-order valence-corrected chi connectivity index (χ1v) is 8.49. The van der Waals surface area contributed by atoms with Gasteiger partial charge < -0.3 is 4.74 Å². The molecule has 0 heterocycles. The number of rotatable bonds is 7. The van der Waals surface area contributed by atoms with Crippen LogP contribution in [0.1, 0.15) is 23.1 Å². The Morgan fingerprint density at radius 3 is 2.67 bits per heavy atom. The van der Waals surface area contributed by atoms with Crippen molar-refractivity contribution < 1.29 is 9.13 Å². The number of methoxy groups -OCH3 is 1. The van der Waals surface area contributed by atoms with E-state index in [-0.39, 0.29) is 5.82 Å². The van der Waals surface area contributed by atoms with Crippen molar-refractivity contribution in [2.45, 2.75) is 12.8 Å². The van der Waals surface area contributed by atoms with E-state index in [9.17, 15) is 4.39 Å². The predicted molar refractivity (Wildman–Crippen MR) is 104 cm³/mol. The second-order valence-electron chi connectivity index (χ2n) is 5.27. The molecule has 2 rings (SSSR count). The van der Waals surface area contributed by atoms with Gasteiger partial charge in [0.15, 0.2) is 0 Å². The third-order valence-corrected chi connectivity index (χ3v) is 4.23. The largest absolute Gasteiger partial charge is 0.496 e. The third kappa shape index (κ3) is 5.20. The van der Waals surface area contributed by atoms with Gasteiger partial charge in [-0.2, -0.15) is 0 Å². The Hall–Kier alpha value is -2.13. The minimum Gasteiger partial charge on any atom is -0.496 e. The lowest BCUT2D eigenvalue weighted by atomic mass is 10.1. The number of hydrogen-bond donors (Lipinski definition) is 0. The highest BCUT2D eigenvalue weighted by Crippen LogP contribution is 2.22. The Balaban J connectivity index is 2.01. The van der Waals surface area contributed by atoms with Crippen LogP contribution in [-0.4, -0.2) is 7.11 Å². The van der Waals surface area contributed by atoms with Crippen molar-refractivity contribution in [3.8, 4) is 5.75 Å². The third-order valence-electron chi connectivity index (χ3n) is 3.51. The van der Waals surface area contributed by atoms with Gasteiger partial charge in [-0.3, -0.25) is 0 Å². The Morgan fingerprint density at radius 1 is 1.12 bits per heavy atom. The minimum absolute atomic E-state index is 0.235.